The van der Waals surface area contributed by atoms with Crippen molar-refractivity contribution in [1.29, 1.82) is 0 Å². The molecule has 1 aromatic heterocycles. The van der Waals surface area contributed by atoms with E-state index in [0.717, 1.165) is 28.4 Å². The van der Waals surface area contributed by atoms with Crippen molar-refractivity contribution in [3.05, 3.63) is 59.9 Å². The second kappa shape index (κ2) is 7.07. The Hall–Kier alpha value is -2.66. The minimum absolute atomic E-state index is 0.516. The lowest BCUT2D eigenvalue weighted by Crippen LogP contribution is -2.15. The molecular weight excluding hydrogens is 340 g/mol. The van der Waals surface area contributed by atoms with Gasteiger partial charge in [0, 0.05) is 17.4 Å². The maximum atomic E-state index is 6.27. The number of hydrogen-bond donors (Lipinski definition) is 0. The number of ether oxygens (including phenoxy) is 3. The molecule has 0 saturated carbocycles. The highest BCUT2D eigenvalue weighted by Gasteiger charge is 2.13. The molecule has 0 amide bonds. The summed E-state index contributed by atoms with van der Waals surface area (Å²) in [5.41, 5.74) is 1.97. The fourth-order valence-electron chi connectivity index (χ4n) is 2.73. The van der Waals surface area contributed by atoms with E-state index in [2.05, 4.69) is 5.10 Å². The van der Waals surface area contributed by atoms with Crippen molar-refractivity contribution in [2.45, 2.75) is 6.54 Å². The third-order valence-electron chi connectivity index (χ3n) is 3.90. The lowest BCUT2D eigenvalue weighted by Gasteiger charge is -2.19. The number of benzene rings is 2. The topological polar surface area (TPSA) is 45.5 Å². The molecule has 0 radical (unpaired) electrons. The largest absolute Gasteiger partial charge is 0.492 e. The van der Waals surface area contributed by atoms with Gasteiger partial charge in [0.1, 0.15) is 25.6 Å². The Balaban J connectivity index is 1.52. The van der Waals surface area contributed by atoms with Crippen molar-refractivity contribution in [2.24, 2.45) is 0 Å². The maximum absolute atomic E-state index is 6.27. The first kappa shape index (κ1) is 15.8. The zero-order valence-electron chi connectivity index (χ0n) is 13.5. The average molecular weight is 357 g/mol. The number of halogens is 1. The third kappa shape index (κ3) is 3.72. The van der Waals surface area contributed by atoms with Crippen LogP contribution in [0.4, 0.5) is 0 Å². The number of rotatable bonds is 5. The van der Waals surface area contributed by atoms with Crippen LogP contribution in [0.2, 0.25) is 5.02 Å². The molecule has 0 aliphatic carbocycles. The predicted molar refractivity (Wildman–Crippen MR) is 95.6 cm³/mol. The molecule has 2 aromatic carbocycles. The fourth-order valence-corrected chi connectivity index (χ4v) is 2.95. The molecule has 4 rings (SSSR count). The van der Waals surface area contributed by atoms with E-state index in [1.54, 1.807) is 6.20 Å². The Morgan fingerprint density at radius 1 is 1.04 bits per heavy atom. The van der Waals surface area contributed by atoms with Crippen LogP contribution in [0, 0.1) is 0 Å². The van der Waals surface area contributed by atoms with Gasteiger partial charge in [-0.3, -0.25) is 4.68 Å². The zero-order valence-corrected chi connectivity index (χ0v) is 14.3. The van der Waals surface area contributed by atoms with Crippen LogP contribution < -0.4 is 14.2 Å². The zero-order chi connectivity index (χ0) is 17.1. The first-order valence-electron chi connectivity index (χ1n) is 8.09. The van der Waals surface area contributed by atoms with Gasteiger partial charge in [-0.25, -0.2) is 0 Å². The van der Waals surface area contributed by atoms with Gasteiger partial charge >= 0.3 is 0 Å². The van der Waals surface area contributed by atoms with Crippen LogP contribution in [-0.2, 0) is 6.54 Å². The Labute approximate surface area is 150 Å². The molecule has 0 spiro atoms. The summed E-state index contributed by atoms with van der Waals surface area (Å²) in [7, 11) is 0. The van der Waals surface area contributed by atoms with E-state index in [9.17, 15) is 0 Å². The summed E-state index contributed by atoms with van der Waals surface area (Å²) < 4.78 is 18.9. The highest BCUT2D eigenvalue weighted by molar-refractivity contribution is 6.31. The molecule has 0 unspecified atom stereocenters. The molecule has 6 heteroatoms. The molecule has 0 N–H and O–H groups in total. The first-order chi connectivity index (χ1) is 12.3. The summed E-state index contributed by atoms with van der Waals surface area (Å²) in [5, 5.41) is 4.78. The SMILES string of the molecule is Clc1cc(OCCn2cccn2)cc(-c2ccc3c(c2)OCCO3)c1. The maximum Gasteiger partial charge on any atom is 0.161 e. The number of aromatic nitrogens is 2. The van der Waals surface area contributed by atoms with Crippen molar-refractivity contribution in [3.8, 4) is 28.4 Å². The highest BCUT2D eigenvalue weighted by atomic mass is 35.5. The molecule has 25 heavy (non-hydrogen) atoms. The van der Waals surface area contributed by atoms with Gasteiger partial charge < -0.3 is 14.2 Å². The fraction of sp³-hybridized carbons (Fsp3) is 0.211. The molecule has 0 saturated heterocycles. The van der Waals surface area contributed by atoms with Crippen molar-refractivity contribution < 1.29 is 14.2 Å². The summed E-state index contributed by atoms with van der Waals surface area (Å²) >= 11 is 6.27. The van der Waals surface area contributed by atoms with Crippen LogP contribution >= 0.6 is 11.6 Å². The van der Waals surface area contributed by atoms with Gasteiger partial charge in [0.2, 0.25) is 0 Å². The van der Waals surface area contributed by atoms with Crippen LogP contribution in [0.25, 0.3) is 11.1 Å². The van der Waals surface area contributed by atoms with Crippen molar-refractivity contribution in [2.75, 3.05) is 19.8 Å². The number of hydrogen-bond acceptors (Lipinski definition) is 4. The molecule has 0 atom stereocenters. The van der Waals surface area contributed by atoms with Crippen LogP contribution in [0.5, 0.6) is 17.2 Å². The van der Waals surface area contributed by atoms with Crippen molar-refractivity contribution in [3.63, 3.8) is 0 Å². The lowest BCUT2D eigenvalue weighted by atomic mass is 10.0. The summed E-state index contributed by atoms with van der Waals surface area (Å²) in [6.45, 7) is 2.34. The number of fused-ring (bicyclic) bond motifs is 1. The molecule has 1 aliphatic rings. The Morgan fingerprint density at radius 2 is 1.92 bits per heavy atom. The number of nitrogens with zero attached hydrogens (tertiary/aromatic N) is 2. The lowest BCUT2D eigenvalue weighted by molar-refractivity contribution is 0.171. The molecule has 128 valence electrons. The second-order valence-corrected chi connectivity index (χ2v) is 6.09. The van der Waals surface area contributed by atoms with Gasteiger partial charge in [-0.2, -0.15) is 5.10 Å². The third-order valence-corrected chi connectivity index (χ3v) is 4.11. The molecule has 3 aromatic rings. The minimum Gasteiger partial charge on any atom is -0.492 e. The van der Waals surface area contributed by atoms with Crippen LogP contribution in [0.15, 0.2) is 54.9 Å². The van der Waals surface area contributed by atoms with E-state index in [1.165, 1.54) is 0 Å². The van der Waals surface area contributed by atoms with E-state index in [4.69, 9.17) is 25.8 Å². The van der Waals surface area contributed by atoms with Gasteiger partial charge in [0.05, 0.1) is 6.54 Å². The highest BCUT2D eigenvalue weighted by Crippen LogP contribution is 2.36. The quantitative estimate of drug-likeness (QED) is 0.691. The van der Waals surface area contributed by atoms with Crippen molar-refractivity contribution >= 4 is 11.6 Å². The van der Waals surface area contributed by atoms with Crippen molar-refractivity contribution in [1.82, 2.24) is 9.78 Å². The van der Waals surface area contributed by atoms with Gasteiger partial charge in [0.15, 0.2) is 11.5 Å². The summed E-state index contributed by atoms with van der Waals surface area (Å²) in [4.78, 5) is 0. The van der Waals surface area contributed by atoms with E-state index in [-0.39, 0.29) is 0 Å². The standard InChI is InChI=1S/C19H17ClN2O3/c20-16-10-15(14-2-3-18-19(12-14)25-9-8-24-18)11-17(13-16)23-7-6-22-5-1-4-21-22/h1-5,10-13H,6-9H2. The molecule has 1 aliphatic heterocycles. The Kier molecular flexibility index (Phi) is 4.48. The summed E-state index contributed by atoms with van der Waals surface area (Å²) in [6.07, 6.45) is 3.65. The molecule has 2 heterocycles. The molecule has 5 nitrogen and oxygen atoms in total. The average Bonchev–Trinajstić information content (AvgIpc) is 3.14. The van der Waals surface area contributed by atoms with Gasteiger partial charge in [-0.05, 0) is 47.5 Å². The van der Waals surface area contributed by atoms with E-state index in [0.29, 0.717) is 31.4 Å². The van der Waals surface area contributed by atoms with Crippen LogP contribution in [-0.4, -0.2) is 29.6 Å². The molecule has 0 bridgehead atoms. The smallest absolute Gasteiger partial charge is 0.161 e. The first-order valence-corrected chi connectivity index (χ1v) is 8.46. The Morgan fingerprint density at radius 3 is 2.76 bits per heavy atom. The van der Waals surface area contributed by atoms with E-state index in [1.807, 2.05) is 53.3 Å². The molecule has 0 fully saturated rings. The van der Waals surface area contributed by atoms with E-state index < -0.39 is 0 Å². The van der Waals surface area contributed by atoms with Gasteiger partial charge in [-0.1, -0.05) is 17.7 Å². The molecular formula is C19H17ClN2O3. The van der Waals surface area contributed by atoms with Crippen LogP contribution in [0.3, 0.4) is 0 Å². The normalized spacial score (nSPS) is 12.8. The summed E-state index contributed by atoms with van der Waals surface area (Å²) in [5.74, 6) is 2.25. The van der Waals surface area contributed by atoms with Crippen LogP contribution in [0.1, 0.15) is 0 Å². The monoisotopic (exact) mass is 356 g/mol. The Bertz CT molecular complexity index is 865. The second-order valence-electron chi connectivity index (χ2n) is 5.65. The predicted octanol–water partition coefficient (Wildman–Crippen LogP) is 4.05. The van der Waals surface area contributed by atoms with E-state index >= 15 is 0 Å². The van der Waals surface area contributed by atoms with Gasteiger partial charge in [0.25, 0.3) is 0 Å². The minimum atomic E-state index is 0.516. The van der Waals surface area contributed by atoms with Gasteiger partial charge in [-0.15, -0.1) is 0 Å². The summed E-state index contributed by atoms with van der Waals surface area (Å²) in [6, 6.07) is 13.5.